The predicted molar refractivity (Wildman–Crippen MR) is 97.8 cm³/mol. The SMILES string of the molecule is COc1nc(C)c(-c2ccc(C(F)(F)F)nc2N(C=O)c2ccccc2Cl)[nH]1. The Labute approximate surface area is 162 Å². The molecule has 2 heterocycles. The summed E-state index contributed by atoms with van der Waals surface area (Å²) in [6.45, 7) is 1.65. The number of carbonyl (C=O) groups excluding carboxylic acids is 1. The molecule has 1 N–H and O–H groups in total. The van der Waals surface area contributed by atoms with Gasteiger partial charge in [0.2, 0.25) is 6.41 Å². The van der Waals surface area contributed by atoms with E-state index in [0.717, 1.165) is 11.0 Å². The summed E-state index contributed by atoms with van der Waals surface area (Å²) >= 11 is 6.14. The van der Waals surface area contributed by atoms with Gasteiger partial charge >= 0.3 is 6.18 Å². The molecule has 0 spiro atoms. The summed E-state index contributed by atoms with van der Waals surface area (Å²) in [5.74, 6) is -0.243. The molecule has 0 aliphatic rings. The van der Waals surface area contributed by atoms with Gasteiger partial charge in [0.15, 0.2) is 0 Å². The number of benzene rings is 1. The topological polar surface area (TPSA) is 71.1 Å². The van der Waals surface area contributed by atoms with E-state index in [1.807, 2.05) is 0 Å². The Hall–Kier alpha value is -3.07. The highest BCUT2D eigenvalue weighted by molar-refractivity contribution is 6.33. The third kappa shape index (κ3) is 3.65. The van der Waals surface area contributed by atoms with E-state index in [1.54, 1.807) is 19.1 Å². The molecule has 0 radical (unpaired) electrons. The normalized spacial score (nSPS) is 11.4. The molecule has 0 bridgehead atoms. The highest BCUT2D eigenvalue weighted by Gasteiger charge is 2.34. The first-order valence-electron chi connectivity index (χ1n) is 7.94. The van der Waals surface area contributed by atoms with Gasteiger partial charge in [0.25, 0.3) is 6.01 Å². The van der Waals surface area contributed by atoms with E-state index >= 15 is 0 Å². The van der Waals surface area contributed by atoms with Crippen molar-refractivity contribution in [1.82, 2.24) is 15.0 Å². The van der Waals surface area contributed by atoms with Crippen molar-refractivity contribution in [1.29, 1.82) is 0 Å². The molecule has 146 valence electrons. The number of rotatable bonds is 5. The van der Waals surface area contributed by atoms with E-state index in [2.05, 4.69) is 15.0 Å². The van der Waals surface area contributed by atoms with Crippen LogP contribution in [0.4, 0.5) is 24.7 Å². The first-order chi connectivity index (χ1) is 13.3. The second-order valence-electron chi connectivity index (χ2n) is 5.70. The zero-order valence-electron chi connectivity index (χ0n) is 14.7. The van der Waals surface area contributed by atoms with E-state index in [9.17, 15) is 18.0 Å². The Morgan fingerprint density at radius 2 is 1.89 bits per heavy atom. The third-order valence-electron chi connectivity index (χ3n) is 3.94. The van der Waals surface area contributed by atoms with Crippen molar-refractivity contribution in [3.8, 4) is 17.3 Å². The molecule has 0 fully saturated rings. The molecular weight excluding hydrogens is 397 g/mol. The van der Waals surface area contributed by atoms with Crippen LogP contribution in [0.5, 0.6) is 6.01 Å². The summed E-state index contributed by atoms with van der Waals surface area (Å²) < 4.78 is 44.8. The number of anilines is 2. The number of nitrogens with zero attached hydrogens (tertiary/aromatic N) is 3. The van der Waals surface area contributed by atoms with Crippen LogP contribution in [0, 0.1) is 6.92 Å². The van der Waals surface area contributed by atoms with Crippen LogP contribution in [-0.4, -0.2) is 28.5 Å². The smallest absolute Gasteiger partial charge is 0.433 e. The van der Waals surface area contributed by atoms with E-state index in [1.165, 1.54) is 25.3 Å². The quantitative estimate of drug-likeness (QED) is 0.616. The number of ether oxygens (including phenoxy) is 1. The summed E-state index contributed by atoms with van der Waals surface area (Å²) in [5.41, 5.74) is 0.107. The van der Waals surface area contributed by atoms with Gasteiger partial charge in [0.05, 0.1) is 29.2 Å². The molecule has 10 heteroatoms. The van der Waals surface area contributed by atoms with Crippen LogP contribution in [0.15, 0.2) is 36.4 Å². The lowest BCUT2D eigenvalue weighted by Crippen LogP contribution is -2.19. The van der Waals surface area contributed by atoms with Gasteiger partial charge < -0.3 is 9.72 Å². The largest absolute Gasteiger partial charge is 0.468 e. The maximum atomic E-state index is 13.3. The van der Waals surface area contributed by atoms with Gasteiger partial charge in [0.1, 0.15) is 11.5 Å². The Morgan fingerprint density at radius 1 is 1.18 bits per heavy atom. The molecule has 6 nitrogen and oxygen atoms in total. The molecule has 0 saturated heterocycles. The molecule has 2 aromatic heterocycles. The number of aromatic amines is 1. The molecule has 0 saturated carbocycles. The number of hydrogen-bond donors (Lipinski definition) is 1. The number of methoxy groups -OCH3 is 1. The maximum absolute atomic E-state index is 13.3. The highest BCUT2D eigenvalue weighted by Crippen LogP contribution is 2.39. The average molecular weight is 411 g/mol. The second-order valence-corrected chi connectivity index (χ2v) is 6.11. The van der Waals surface area contributed by atoms with Crippen molar-refractivity contribution in [2.75, 3.05) is 12.0 Å². The van der Waals surface area contributed by atoms with Crippen LogP contribution in [0.1, 0.15) is 11.4 Å². The lowest BCUT2D eigenvalue weighted by molar-refractivity contribution is -0.141. The number of carbonyl (C=O) groups is 1. The lowest BCUT2D eigenvalue weighted by Gasteiger charge is -2.22. The number of aromatic nitrogens is 3. The first kappa shape index (κ1) is 19.7. The van der Waals surface area contributed by atoms with Crippen molar-refractivity contribution >= 4 is 29.5 Å². The van der Waals surface area contributed by atoms with Crippen molar-refractivity contribution in [3.05, 3.63) is 52.8 Å². The van der Waals surface area contributed by atoms with Gasteiger partial charge in [-0.3, -0.25) is 9.69 Å². The molecule has 3 aromatic rings. The Kier molecular flexibility index (Phi) is 5.28. The predicted octanol–water partition coefficient (Wildman–Crippen LogP) is 4.76. The number of imidazole rings is 1. The molecule has 0 aliphatic carbocycles. The molecule has 3 rings (SSSR count). The minimum atomic E-state index is -4.69. The summed E-state index contributed by atoms with van der Waals surface area (Å²) in [5, 5.41) is 0.179. The second kappa shape index (κ2) is 7.51. The zero-order valence-corrected chi connectivity index (χ0v) is 15.5. The summed E-state index contributed by atoms with van der Waals surface area (Å²) in [6.07, 6.45) is -4.33. The van der Waals surface area contributed by atoms with Crippen LogP contribution in [0.3, 0.4) is 0 Å². The summed E-state index contributed by atoms with van der Waals surface area (Å²) in [7, 11) is 1.40. The van der Waals surface area contributed by atoms with Crippen LogP contribution in [0.25, 0.3) is 11.3 Å². The van der Waals surface area contributed by atoms with Crippen molar-refractivity contribution in [2.24, 2.45) is 0 Å². The number of halogens is 4. The maximum Gasteiger partial charge on any atom is 0.433 e. The number of alkyl halides is 3. The Balaban J connectivity index is 2.27. The number of amides is 1. The standard InChI is InChI=1S/C18H14ClF3N4O2/c1-10-15(25-17(23-10)28-2)11-7-8-14(18(20,21)22)24-16(11)26(9-27)13-6-4-3-5-12(13)19/h3-9H,1-2H3,(H,23,25). The van der Waals surface area contributed by atoms with Gasteiger partial charge in [-0.1, -0.05) is 23.7 Å². The fourth-order valence-electron chi connectivity index (χ4n) is 2.65. The fourth-order valence-corrected chi connectivity index (χ4v) is 2.87. The molecule has 1 aromatic carbocycles. The van der Waals surface area contributed by atoms with Crippen LogP contribution in [0.2, 0.25) is 5.02 Å². The average Bonchev–Trinajstić information content (AvgIpc) is 3.04. The number of aryl methyl sites for hydroxylation is 1. The monoisotopic (exact) mass is 410 g/mol. The molecule has 28 heavy (non-hydrogen) atoms. The van der Waals surface area contributed by atoms with Crippen molar-refractivity contribution in [3.63, 3.8) is 0 Å². The number of nitrogens with one attached hydrogen (secondary N) is 1. The van der Waals surface area contributed by atoms with Gasteiger partial charge in [0, 0.05) is 5.56 Å². The lowest BCUT2D eigenvalue weighted by atomic mass is 10.1. The van der Waals surface area contributed by atoms with Gasteiger partial charge in [-0.15, -0.1) is 0 Å². The zero-order chi connectivity index (χ0) is 20.5. The molecule has 1 amide bonds. The van der Waals surface area contributed by atoms with E-state index in [0.29, 0.717) is 17.8 Å². The number of pyridine rings is 1. The fraction of sp³-hybridized carbons (Fsp3) is 0.167. The van der Waals surface area contributed by atoms with Crippen molar-refractivity contribution < 1.29 is 22.7 Å². The summed E-state index contributed by atoms with van der Waals surface area (Å²) in [6, 6.07) is 8.50. The van der Waals surface area contributed by atoms with E-state index in [-0.39, 0.29) is 28.1 Å². The number of para-hydroxylation sites is 1. The van der Waals surface area contributed by atoms with Crippen LogP contribution >= 0.6 is 11.6 Å². The Bertz CT molecular complexity index is 1020. The molecule has 0 unspecified atom stereocenters. The van der Waals surface area contributed by atoms with Crippen LogP contribution < -0.4 is 9.64 Å². The molecule has 0 atom stereocenters. The van der Waals surface area contributed by atoms with Gasteiger partial charge in [-0.05, 0) is 31.2 Å². The Morgan fingerprint density at radius 3 is 2.46 bits per heavy atom. The highest BCUT2D eigenvalue weighted by atomic mass is 35.5. The number of hydrogen-bond acceptors (Lipinski definition) is 4. The van der Waals surface area contributed by atoms with E-state index < -0.39 is 11.9 Å². The number of H-pyrrole nitrogens is 1. The molecule has 0 aliphatic heterocycles. The minimum absolute atomic E-state index is 0.175. The van der Waals surface area contributed by atoms with Gasteiger partial charge in [-0.2, -0.15) is 13.2 Å². The van der Waals surface area contributed by atoms with Crippen molar-refractivity contribution in [2.45, 2.75) is 13.1 Å². The third-order valence-corrected chi connectivity index (χ3v) is 4.26. The van der Waals surface area contributed by atoms with Crippen LogP contribution in [-0.2, 0) is 11.0 Å². The summed E-state index contributed by atoms with van der Waals surface area (Å²) in [4.78, 5) is 23.5. The van der Waals surface area contributed by atoms with Gasteiger partial charge in [-0.25, -0.2) is 9.97 Å². The molecular formula is C18H14ClF3N4O2. The van der Waals surface area contributed by atoms with E-state index in [4.69, 9.17) is 16.3 Å². The first-order valence-corrected chi connectivity index (χ1v) is 8.32. The minimum Gasteiger partial charge on any atom is -0.468 e.